The van der Waals surface area contributed by atoms with Crippen LogP contribution >= 0.6 is 11.6 Å². The summed E-state index contributed by atoms with van der Waals surface area (Å²) in [4.78, 5) is 3.82. The summed E-state index contributed by atoms with van der Waals surface area (Å²) in [6.45, 7) is 0. The van der Waals surface area contributed by atoms with Crippen LogP contribution in [-0.4, -0.2) is 14.8 Å². The Bertz CT molecular complexity index is 815. The Kier molecular flexibility index (Phi) is 3.23. The number of nitrogens with two attached hydrogens (primary N) is 2. The molecule has 3 aromatic rings. The summed E-state index contributed by atoms with van der Waals surface area (Å²) in [6, 6.07) is 11.5. The molecule has 1 aromatic heterocycles. The zero-order valence-corrected chi connectivity index (χ0v) is 11.5. The summed E-state index contributed by atoms with van der Waals surface area (Å²) in [5.41, 5.74) is 12.8. The monoisotopic (exact) mass is 303 g/mol. The van der Waals surface area contributed by atoms with Gasteiger partial charge in [0, 0.05) is 11.1 Å². The van der Waals surface area contributed by atoms with Crippen molar-refractivity contribution in [2.75, 3.05) is 11.5 Å². The maximum atomic E-state index is 13.8. The van der Waals surface area contributed by atoms with E-state index < -0.39 is 0 Å². The number of nitrogen functional groups attached to an aromatic ring is 2. The van der Waals surface area contributed by atoms with Gasteiger partial charge in [-0.25, -0.2) is 4.39 Å². The molecular formula is C14H11ClFN5. The normalized spacial score (nSPS) is 10.8. The highest BCUT2D eigenvalue weighted by atomic mass is 35.5. The standard InChI is InChI=1S/C14H11ClFN5/c15-11-7-8(21-14(18)19-13(17)20-21)5-6-9(11)10-3-1-2-4-12(10)16/h1-7H,(H4,17,18,19,20). The molecule has 0 fully saturated rings. The second kappa shape index (κ2) is 5.06. The number of hydrogen-bond acceptors (Lipinski definition) is 4. The molecule has 0 aliphatic heterocycles. The van der Waals surface area contributed by atoms with E-state index in [-0.39, 0.29) is 17.7 Å². The largest absolute Gasteiger partial charge is 0.368 e. The molecule has 5 nitrogen and oxygen atoms in total. The van der Waals surface area contributed by atoms with Crippen LogP contribution in [0.15, 0.2) is 42.5 Å². The van der Waals surface area contributed by atoms with Crippen LogP contribution in [0.25, 0.3) is 16.8 Å². The van der Waals surface area contributed by atoms with E-state index in [9.17, 15) is 4.39 Å². The first-order chi connectivity index (χ1) is 10.1. The molecule has 2 aromatic carbocycles. The Morgan fingerprint density at radius 3 is 2.43 bits per heavy atom. The lowest BCUT2D eigenvalue weighted by atomic mass is 10.0. The van der Waals surface area contributed by atoms with Crippen LogP contribution < -0.4 is 11.5 Å². The van der Waals surface area contributed by atoms with Crippen molar-refractivity contribution in [3.05, 3.63) is 53.3 Å². The summed E-state index contributed by atoms with van der Waals surface area (Å²) in [6.07, 6.45) is 0. The van der Waals surface area contributed by atoms with E-state index in [2.05, 4.69) is 10.1 Å². The SMILES string of the molecule is Nc1nc(N)n(-c2ccc(-c3ccccc3F)c(Cl)c2)n1. The smallest absolute Gasteiger partial charge is 0.241 e. The lowest BCUT2D eigenvalue weighted by molar-refractivity contribution is 0.631. The van der Waals surface area contributed by atoms with Gasteiger partial charge in [-0.1, -0.05) is 35.9 Å². The second-order valence-electron chi connectivity index (χ2n) is 4.38. The predicted octanol–water partition coefficient (Wildman–Crippen LogP) is 2.89. The predicted molar refractivity (Wildman–Crippen MR) is 80.6 cm³/mol. The van der Waals surface area contributed by atoms with E-state index in [0.717, 1.165) is 0 Å². The molecule has 0 saturated carbocycles. The third kappa shape index (κ3) is 2.41. The van der Waals surface area contributed by atoms with Crippen LogP contribution in [-0.2, 0) is 0 Å². The van der Waals surface area contributed by atoms with Gasteiger partial charge in [-0.05, 0) is 18.2 Å². The molecule has 21 heavy (non-hydrogen) atoms. The summed E-state index contributed by atoms with van der Waals surface area (Å²) in [5.74, 6) is -0.110. The maximum absolute atomic E-state index is 13.8. The van der Waals surface area contributed by atoms with Gasteiger partial charge in [0.25, 0.3) is 0 Å². The average Bonchev–Trinajstić information content (AvgIpc) is 2.79. The van der Waals surface area contributed by atoms with Gasteiger partial charge >= 0.3 is 0 Å². The van der Waals surface area contributed by atoms with Gasteiger partial charge in [-0.2, -0.15) is 9.67 Å². The number of aromatic nitrogens is 3. The first-order valence-electron chi connectivity index (χ1n) is 6.09. The van der Waals surface area contributed by atoms with Crippen LogP contribution in [0.2, 0.25) is 5.02 Å². The van der Waals surface area contributed by atoms with E-state index >= 15 is 0 Å². The average molecular weight is 304 g/mol. The van der Waals surface area contributed by atoms with Crippen LogP contribution in [0.3, 0.4) is 0 Å². The summed E-state index contributed by atoms with van der Waals surface area (Å²) >= 11 is 6.24. The van der Waals surface area contributed by atoms with Gasteiger partial charge in [0.2, 0.25) is 11.9 Å². The Morgan fingerprint density at radius 2 is 1.81 bits per heavy atom. The molecular weight excluding hydrogens is 293 g/mol. The molecule has 7 heteroatoms. The molecule has 0 unspecified atom stereocenters. The van der Waals surface area contributed by atoms with Crippen molar-refractivity contribution < 1.29 is 4.39 Å². The minimum atomic E-state index is -0.336. The molecule has 0 aliphatic rings. The van der Waals surface area contributed by atoms with Gasteiger partial charge in [0.05, 0.1) is 10.7 Å². The molecule has 0 saturated heterocycles. The van der Waals surface area contributed by atoms with Crippen molar-refractivity contribution in [3.63, 3.8) is 0 Å². The highest BCUT2D eigenvalue weighted by Gasteiger charge is 2.12. The van der Waals surface area contributed by atoms with E-state index in [4.69, 9.17) is 23.1 Å². The Hall–Kier alpha value is -2.60. The fraction of sp³-hybridized carbons (Fsp3) is 0. The summed E-state index contributed by atoms with van der Waals surface area (Å²) in [5, 5.41) is 4.35. The lowest BCUT2D eigenvalue weighted by Crippen LogP contribution is -2.02. The number of hydrogen-bond donors (Lipinski definition) is 2. The molecule has 4 N–H and O–H groups in total. The number of anilines is 2. The minimum Gasteiger partial charge on any atom is -0.368 e. The lowest BCUT2D eigenvalue weighted by Gasteiger charge is -2.09. The van der Waals surface area contributed by atoms with Crippen LogP contribution in [0.5, 0.6) is 0 Å². The van der Waals surface area contributed by atoms with E-state index in [0.29, 0.717) is 21.8 Å². The zero-order valence-electron chi connectivity index (χ0n) is 10.8. The highest BCUT2D eigenvalue weighted by molar-refractivity contribution is 6.33. The second-order valence-corrected chi connectivity index (χ2v) is 4.79. The van der Waals surface area contributed by atoms with Gasteiger partial charge < -0.3 is 11.5 Å². The number of rotatable bonds is 2. The van der Waals surface area contributed by atoms with Crippen molar-refractivity contribution in [3.8, 4) is 16.8 Å². The fourth-order valence-electron chi connectivity index (χ4n) is 2.06. The fourth-order valence-corrected chi connectivity index (χ4v) is 2.34. The number of halogens is 2. The molecule has 0 spiro atoms. The first kappa shape index (κ1) is 13.4. The van der Waals surface area contributed by atoms with Crippen molar-refractivity contribution in [2.24, 2.45) is 0 Å². The molecule has 0 bridgehead atoms. The third-order valence-corrected chi connectivity index (χ3v) is 3.32. The van der Waals surface area contributed by atoms with Crippen LogP contribution in [0.1, 0.15) is 0 Å². The minimum absolute atomic E-state index is 0.0711. The van der Waals surface area contributed by atoms with E-state index in [1.165, 1.54) is 10.7 Å². The van der Waals surface area contributed by atoms with Crippen molar-refractivity contribution in [1.82, 2.24) is 14.8 Å². The molecule has 0 aliphatic carbocycles. The number of benzene rings is 2. The van der Waals surface area contributed by atoms with E-state index in [1.807, 2.05) is 0 Å². The van der Waals surface area contributed by atoms with E-state index in [1.54, 1.807) is 36.4 Å². The van der Waals surface area contributed by atoms with Gasteiger partial charge in [-0.3, -0.25) is 0 Å². The Labute approximate surface area is 125 Å². The topological polar surface area (TPSA) is 82.7 Å². The van der Waals surface area contributed by atoms with Crippen molar-refractivity contribution in [2.45, 2.75) is 0 Å². The molecule has 0 atom stereocenters. The van der Waals surface area contributed by atoms with Gasteiger partial charge in [-0.15, -0.1) is 5.10 Å². The molecule has 0 amide bonds. The quantitative estimate of drug-likeness (QED) is 0.762. The number of nitrogens with zero attached hydrogens (tertiary/aromatic N) is 3. The third-order valence-electron chi connectivity index (χ3n) is 3.01. The Balaban J connectivity index is 2.09. The van der Waals surface area contributed by atoms with Crippen LogP contribution in [0, 0.1) is 5.82 Å². The van der Waals surface area contributed by atoms with Crippen LogP contribution in [0.4, 0.5) is 16.3 Å². The molecule has 0 radical (unpaired) electrons. The van der Waals surface area contributed by atoms with Gasteiger partial charge in [0.15, 0.2) is 0 Å². The molecule has 1 heterocycles. The Morgan fingerprint density at radius 1 is 1.05 bits per heavy atom. The highest BCUT2D eigenvalue weighted by Crippen LogP contribution is 2.31. The van der Waals surface area contributed by atoms with Crippen molar-refractivity contribution >= 4 is 23.5 Å². The summed E-state index contributed by atoms with van der Waals surface area (Å²) < 4.78 is 15.2. The van der Waals surface area contributed by atoms with Gasteiger partial charge in [0.1, 0.15) is 5.82 Å². The first-order valence-corrected chi connectivity index (χ1v) is 6.47. The molecule has 106 valence electrons. The summed E-state index contributed by atoms with van der Waals surface area (Å²) in [7, 11) is 0. The molecule has 3 rings (SSSR count). The van der Waals surface area contributed by atoms with Crippen molar-refractivity contribution in [1.29, 1.82) is 0 Å². The maximum Gasteiger partial charge on any atom is 0.241 e. The zero-order chi connectivity index (χ0) is 15.0.